The van der Waals surface area contributed by atoms with E-state index in [0.717, 1.165) is 31.6 Å². The number of likely N-dealkylation sites (N-methyl/N-ethyl adjacent to an activating group) is 1. The summed E-state index contributed by atoms with van der Waals surface area (Å²) in [5.74, 6) is 0. The van der Waals surface area contributed by atoms with Crippen molar-refractivity contribution in [2.45, 2.75) is 53.1 Å². The van der Waals surface area contributed by atoms with Gasteiger partial charge in [-0.1, -0.05) is 38.1 Å². The van der Waals surface area contributed by atoms with Crippen LogP contribution in [0.2, 0.25) is 0 Å². The highest BCUT2D eigenvalue weighted by molar-refractivity contribution is 5.65. The van der Waals surface area contributed by atoms with Crippen LogP contribution in [-0.2, 0) is 13.0 Å². The Morgan fingerprint density at radius 1 is 1.19 bits per heavy atom. The molecule has 0 radical (unpaired) electrons. The van der Waals surface area contributed by atoms with Crippen LogP contribution in [0.15, 0.2) is 30.5 Å². The maximum Gasteiger partial charge on any atom is 0.0672 e. The molecule has 1 N–H and O–H groups in total. The Labute approximate surface area is 128 Å². The first kappa shape index (κ1) is 15.8. The van der Waals surface area contributed by atoms with Crippen LogP contribution in [0.1, 0.15) is 38.4 Å². The molecule has 3 nitrogen and oxygen atoms in total. The lowest BCUT2D eigenvalue weighted by Gasteiger charge is -2.12. The highest BCUT2D eigenvalue weighted by Crippen LogP contribution is 2.23. The van der Waals surface area contributed by atoms with Gasteiger partial charge in [0.25, 0.3) is 0 Å². The maximum atomic E-state index is 4.58. The standard InChI is InChI=1S/C18H27N3/c1-5-11-21-13-18(15(4)20-21)17-9-7-16(8-10-17)12-14(3)19-6-2/h7-10,13-14,19H,5-6,11-12H2,1-4H3. The summed E-state index contributed by atoms with van der Waals surface area (Å²) < 4.78 is 2.05. The molecule has 2 aromatic rings. The van der Waals surface area contributed by atoms with E-state index >= 15 is 0 Å². The van der Waals surface area contributed by atoms with Gasteiger partial charge in [-0.15, -0.1) is 0 Å². The van der Waals surface area contributed by atoms with Gasteiger partial charge in [0.1, 0.15) is 0 Å². The van der Waals surface area contributed by atoms with Crippen molar-refractivity contribution in [1.29, 1.82) is 0 Å². The molecule has 1 heterocycles. The molecule has 1 aromatic carbocycles. The Hall–Kier alpha value is -1.61. The maximum absolute atomic E-state index is 4.58. The molecule has 0 saturated heterocycles. The first-order valence-corrected chi connectivity index (χ1v) is 8.00. The zero-order chi connectivity index (χ0) is 15.2. The lowest BCUT2D eigenvalue weighted by Crippen LogP contribution is -2.27. The number of aromatic nitrogens is 2. The number of hydrogen-bond donors (Lipinski definition) is 1. The summed E-state index contributed by atoms with van der Waals surface area (Å²) >= 11 is 0. The largest absolute Gasteiger partial charge is 0.314 e. The quantitative estimate of drug-likeness (QED) is 0.838. The molecule has 1 atom stereocenters. The highest BCUT2D eigenvalue weighted by Gasteiger charge is 2.08. The van der Waals surface area contributed by atoms with Crippen LogP contribution in [0.25, 0.3) is 11.1 Å². The van der Waals surface area contributed by atoms with Gasteiger partial charge in [0.2, 0.25) is 0 Å². The second kappa shape index (κ2) is 7.41. The van der Waals surface area contributed by atoms with E-state index in [1.165, 1.54) is 16.7 Å². The van der Waals surface area contributed by atoms with Crippen LogP contribution in [0.5, 0.6) is 0 Å². The van der Waals surface area contributed by atoms with Gasteiger partial charge in [0.05, 0.1) is 5.69 Å². The first-order chi connectivity index (χ1) is 10.1. The van der Waals surface area contributed by atoms with Gasteiger partial charge in [-0.05, 0) is 44.4 Å². The van der Waals surface area contributed by atoms with E-state index in [4.69, 9.17) is 0 Å². The zero-order valence-electron chi connectivity index (χ0n) is 13.7. The molecule has 0 saturated carbocycles. The van der Waals surface area contributed by atoms with E-state index in [-0.39, 0.29) is 0 Å². The van der Waals surface area contributed by atoms with E-state index in [1.807, 2.05) is 4.68 Å². The molecule has 114 valence electrons. The normalized spacial score (nSPS) is 12.6. The second-order valence-electron chi connectivity index (χ2n) is 5.75. The fraction of sp³-hybridized carbons (Fsp3) is 0.500. The average Bonchev–Trinajstić information content (AvgIpc) is 2.81. The fourth-order valence-corrected chi connectivity index (χ4v) is 2.74. The fourth-order valence-electron chi connectivity index (χ4n) is 2.74. The van der Waals surface area contributed by atoms with Crippen molar-refractivity contribution in [3.63, 3.8) is 0 Å². The summed E-state index contributed by atoms with van der Waals surface area (Å²) in [4.78, 5) is 0. The van der Waals surface area contributed by atoms with Gasteiger partial charge in [0.15, 0.2) is 0 Å². The summed E-state index contributed by atoms with van der Waals surface area (Å²) in [6, 6.07) is 9.43. The third-order valence-corrected chi connectivity index (χ3v) is 3.76. The Morgan fingerprint density at radius 2 is 1.90 bits per heavy atom. The average molecular weight is 285 g/mol. The van der Waals surface area contributed by atoms with Crippen molar-refractivity contribution in [3.8, 4) is 11.1 Å². The monoisotopic (exact) mass is 285 g/mol. The smallest absolute Gasteiger partial charge is 0.0672 e. The minimum atomic E-state index is 0.523. The number of nitrogens with zero attached hydrogens (tertiary/aromatic N) is 2. The van der Waals surface area contributed by atoms with E-state index in [1.54, 1.807) is 0 Å². The molecule has 0 aliphatic heterocycles. The third-order valence-electron chi connectivity index (χ3n) is 3.76. The molecule has 0 aliphatic carbocycles. The van der Waals surface area contributed by atoms with Gasteiger partial charge in [-0.25, -0.2) is 0 Å². The topological polar surface area (TPSA) is 29.9 Å². The van der Waals surface area contributed by atoms with Crippen molar-refractivity contribution < 1.29 is 0 Å². The minimum Gasteiger partial charge on any atom is -0.314 e. The van der Waals surface area contributed by atoms with Gasteiger partial charge >= 0.3 is 0 Å². The van der Waals surface area contributed by atoms with E-state index in [9.17, 15) is 0 Å². The van der Waals surface area contributed by atoms with Crippen LogP contribution in [-0.4, -0.2) is 22.4 Å². The molecule has 3 heteroatoms. The number of hydrogen-bond acceptors (Lipinski definition) is 2. The summed E-state index contributed by atoms with van der Waals surface area (Å²) in [5.41, 5.74) is 4.99. The third kappa shape index (κ3) is 4.18. The van der Waals surface area contributed by atoms with Crippen LogP contribution >= 0.6 is 0 Å². The molecule has 21 heavy (non-hydrogen) atoms. The van der Waals surface area contributed by atoms with Crippen molar-refractivity contribution in [3.05, 3.63) is 41.7 Å². The molecule has 0 bridgehead atoms. The number of aryl methyl sites for hydroxylation is 2. The van der Waals surface area contributed by atoms with E-state index in [0.29, 0.717) is 6.04 Å². The summed E-state index contributed by atoms with van der Waals surface area (Å²) in [6.07, 6.45) is 4.35. The summed E-state index contributed by atoms with van der Waals surface area (Å²) in [7, 11) is 0. The molecule has 1 unspecified atom stereocenters. The van der Waals surface area contributed by atoms with Crippen molar-refractivity contribution in [1.82, 2.24) is 15.1 Å². The number of nitrogens with one attached hydrogen (secondary N) is 1. The Bertz CT molecular complexity index is 554. The predicted molar refractivity (Wildman–Crippen MR) is 89.5 cm³/mol. The molecule has 1 aromatic heterocycles. The van der Waals surface area contributed by atoms with Gasteiger partial charge in [-0.3, -0.25) is 4.68 Å². The first-order valence-electron chi connectivity index (χ1n) is 8.00. The predicted octanol–water partition coefficient (Wildman–Crippen LogP) is 3.81. The van der Waals surface area contributed by atoms with Crippen molar-refractivity contribution >= 4 is 0 Å². The molecule has 0 spiro atoms. The van der Waals surface area contributed by atoms with Crippen LogP contribution in [0.3, 0.4) is 0 Å². The van der Waals surface area contributed by atoms with Gasteiger partial charge in [0, 0.05) is 24.3 Å². The Balaban J connectivity index is 2.11. The SMILES string of the molecule is CCCn1cc(-c2ccc(CC(C)NCC)cc2)c(C)n1. The molecule has 0 amide bonds. The van der Waals surface area contributed by atoms with Crippen molar-refractivity contribution in [2.75, 3.05) is 6.54 Å². The van der Waals surface area contributed by atoms with Crippen LogP contribution < -0.4 is 5.32 Å². The number of rotatable bonds is 7. The van der Waals surface area contributed by atoms with Crippen molar-refractivity contribution in [2.24, 2.45) is 0 Å². The van der Waals surface area contributed by atoms with Gasteiger partial charge in [-0.2, -0.15) is 5.10 Å². The highest BCUT2D eigenvalue weighted by atomic mass is 15.3. The summed E-state index contributed by atoms with van der Waals surface area (Å²) in [5, 5.41) is 8.03. The molecule has 0 aliphatic rings. The lowest BCUT2D eigenvalue weighted by molar-refractivity contribution is 0.565. The van der Waals surface area contributed by atoms with Crippen LogP contribution in [0, 0.1) is 6.92 Å². The van der Waals surface area contributed by atoms with Crippen LogP contribution in [0.4, 0.5) is 0 Å². The van der Waals surface area contributed by atoms with E-state index < -0.39 is 0 Å². The summed E-state index contributed by atoms with van der Waals surface area (Å²) in [6.45, 7) is 10.7. The Kier molecular flexibility index (Phi) is 5.57. The van der Waals surface area contributed by atoms with E-state index in [2.05, 4.69) is 68.6 Å². The minimum absolute atomic E-state index is 0.523. The lowest BCUT2D eigenvalue weighted by atomic mass is 10.0. The molecule has 2 rings (SSSR count). The Morgan fingerprint density at radius 3 is 2.52 bits per heavy atom. The zero-order valence-corrected chi connectivity index (χ0v) is 13.7. The second-order valence-corrected chi connectivity index (χ2v) is 5.75. The molecule has 0 fully saturated rings. The van der Waals surface area contributed by atoms with Gasteiger partial charge < -0.3 is 5.32 Å². The molecular weight excluding hydrogens is 258 g/mol. The molecular formula is C18H27N3. The number of benzene rings is 1.